The zero-order valence-corrected chi connectivity index (χ0v) is 8.86. The minimum absolute atomic E-state index is 0.504. The third-order valence-corrected chi connectivity index (χ3v) is 4.16. The first-order valence-corrected chi connectivity index (χ1v) is 6.37. The second-order valence-corrected chi connectivity index (χ2v) is 5.45. The summed E-state index contributed by atoms with van der Waals surface area (Å²) in [6, 6.07) is 1.13. The molecule has 4 heteroatoms. The second-order valence-electron chi connectivity index (χ2n) is 2.55. The monoisotopic (exact) mass is 188 g/mol. The summed E-state index contributed by atoms with van der Waals surface area (Å²) in [7, 11) is 0.270. The first-order valence-electron chi connectivity index (χ1n) is 4.07. The number of ether oxygens (including phenoxy) is 2. The summed E-state index contributed by atoms with van der Waals surface area (Å²) in [4.78, 5) is 10.6. The number of carbonyl (C=O) groups excluding carboxylic acids is 1. The van der Waals surface area contributed by atoms with Gasteiger partial charge in [-0.3, -0.25) is 0 Å². The van der Waals surface area contributed by atoms with Gasteiger partial charge in [-0.2, -0.15) is 0 Å². The van der Waals surface area contributed by atoms with E-state index in [-0.39, 0.29) is 0 Å². The lowest BCUT2D eigenvalue weighted by molar-refractivity contribution is 0.0857. The third kappa shape index (κ3) is 4.95. The summed E-state index contributed by atoms with van der Waals surface area (Å²) in [5, 5.41) is 0. The molecule has 0 aromatic heterocycles. The van der Waals surface area contributed by atoms with Crippen molar-refractivity contribution in [3.63, 3.8) is 0 Å². The Kier molecular flexibility index (Phi) is 6.46. The highest BCUT2D eigenvalue weighted by atomic mass is 28.3. The van der Waals surface area contributed by atoms with E-state index in [4.69, 9.17) is 4.74 Å². The molecule has 3 nitrogen and oxygen atoms in total. The van der Waals surface area contributed by atoms with Gasteiger partial charge in [0.15, 0.2) is 0 Å². The molecule has 0 saturated carbocycles. The number of hydrogen-bond donors (Lipinski definition) is 0. The van der Waals surface area contributed by atoms with Crippen LogP contribution in [0.2, 0.25) is 6.04 Å². The van der Waals surface area contributed by atoms with Crippen LogP contribution in [-0.4, -0.2) is 28.3 Å². The maximum atomic E-state index is 10.6. The number of rotatable bonds is 5. The van der Waals surface area contributed by atoms with Gasteiger partial charge in [-0.15, -0.1) is 12.3 Å². The first-order chi connectivity index (χ1) is 5.74. The lowest BCUT2D eigenvalue weighted by Gasteiger charge is -2.08. The van der Waals surface area contributed by atoms with Gasteiger partial charge in [-0.25, -0.2) is 4.79 Å². The maximum Gasteiger partial charge on any atom is 0.507 e. The molecule has 1 unspecified atom stereocenters. The van der Waals surface area contributed by atoms with Gasteiger partial charge < -0.3 is 9.47 Å². The molecule has 0 fully saturated rings. The highest BCUT2D eigenvalue weighted by Crippen LogP contribution is 1.99. The third-order valence-electron chi connectivity index (χ3n) is 1.57. The van der Waals surface area contributed by atoms with E-state index in [1.807, 2.05) is 5.70 Å². The topological polar surface area (TPSA) is 35.5 Å². The van der Waals surface area contributed by atoms with Crippen LogP contribution in [0.3, 0.4) is 0 Å². The fourth-order valence-electron chi connectivity index (χ4n) is 0.874. The SMILES string of the molecule is C=C[SiH](CCC)COC(=O)OC. The van der Waals surface area contributed by atoms with Gasteiger partial charge in [0.25, 0.3) is 0 Å². The molecule has 1 atom stereocenters. The van der Waals surface area contributed by atoms with E-state index in [9.17, 15) is 4.79 Å². The minimum Gasteiger partial charge on any atom is -0.438 e. The summed E-state index contributed by atoms with van der Waals surface area (Å²) in [5.41, 5.74) is 1.94. The van der Waals surface area contributed by atoms with E-state index in [1.54, 1.807) is 0 Å². The molecule has 0 aliphatic heterocycles. The van der Waals surface area contributed by atoms with E-state index in [2.05, 4.69) is 18.2 Å². The van der Waals surface area contributed by atoms with Crippen molar-refractivity contribution in [3.8, 4) is 0 Å². The molecule has 0 radical (unpaired) electrons. The van der Waals surface area contributed by atoms with Crippen LogP contribution in [0.25, 0.3) is 0 Å². The van der Waals surface area contributed by atoms with Crippen molar-refractivity contribution in [1.82, 2.24) is 0 Å². The van der Waals surface area contributed by atoms with Crippen LogP contribution in [-0.2, 0) is 9.47 Å². The van der Waals surface area contributed by atoms with Crippen molar-refractivity contribution >= 4 is 15.0 Å². The number of methoxy groups -OCH3 is 1. The van der Waals surface area contributed by atoms with Crippen LogP contribution in [0, 0.1) is 0 Å². The van der Waals surface area contributed by atoms with Crippen molar-refractivity contribution in [2.45, 2.75) is 19.4 Å². The molecular weight excluding hydrogens is 172 g/mol. The van der Waals surface area contributed by atoms with Crippen LogP contribution in [0.15, 0.2) is 12.3 Å². The Morgan fingerprint density at radius 1 is 1.67 bits per heavy atom. The minimum atomic E-state index is -1.04. The summed E-state index contributed by atoms with van der Waals surface area (Å²) < 4.78 is 9.18. The van der Waals surface area contributed by atoms with Gasteiger partial charge in [0.05, 0.1) is 13.3 Å². The predicted molar refractivity (Wildman–Crippen MR) is 50.8 cm³/mol. The summed E-state index contributed by atoms with van der Waals surface area (Å²) in [6.07, 6.45) is 1.03. The lowest BCUT2D eigenvalue weighted by Crippen LogP contribution is -2.20. The molecule has 0 bridgehead atoms. The van der Waals surface area contributed by atoms with Crippen molar-refractivity contribution in [2.75, 3.05) is 13.3 Å². The molecule has 12 heavy (non-hydrogen) atoms. The summed E-state index contributed by atoms with van der Waals surface area (Å²) in [5.74, 6) is 0. The molecule has 0 aliphatic rings. The quantitative estimate of drug-likeness (QED) is 0.486. The van der Waals surface area contributed by atoms with E-state index in [0.29, 0.717) is 6.23 Å². The first kappa shape index (κ1) is 11.2. The van der Waals surface area contributed by atoms with Crippen LogP contribution in [0.5, 0.6) is 0 Å². The highest BCUT2D eigenvalue weighted by molar-refractivity contribution is 6.64. The van der Waals surface area contributed by atoms with E-state index >= 15 is 0 Å². The molecule has 0 heterocycles. The van der Waals surface area contributed by atoms with Crippen LogP contribution >= 0.6 is 0 Å². The average Bonchev–Trinajstić information content (AvgIpc) is 2.11. The van der Waals surface area contributed by atoms with Gasteiger partial charge in [0.1, 0.15) is 8.80 Å². The fourth-order valence-corrected chi connectivity index (χ4v) is 2.50. The van der Waals surface area contributed by atoms with Crippen molar-refractivity contribution in [3.05, 3.63) is 12.3 Å². The zero-order valence-electron chi connectivity index (χ0n) is 7.71. The van der Waals surface area contributed by atoms with Crippen molar-refractivity contribution in [1.29, 1.82) is 0 Å². The highest BCUT2D eigenvalue weighted by Gasteiger charge is 2.08. The smallest absolute Gasteiger partial charge is 0.438 e. The Morgan fingerprint density at radius 3 is 2.75 bits per heavy atom. The van der Waals surface area contributed by atoms with E-state index < -0.39 is 15.0 Å². The molecule has 0 amide bonds. The van der Waals surface area contributed by atoms with E-state index in [1.165, 1.54) is 7.11 Å². The van der Waals surface area contributed by atoms with Crippen LogP contribution in [0.1, 0.15) is 13.3 Å². The molecule has 0 N–H and O–H groups in total. The lowest BCUT2D eigenvalue weighted by atomic mass is 10.6. The predicted octanol–water partition coefficient (Wildman–Crippen LogP) is 1.67. The van der Waals surface area contributed by atoms with Gasteiger partial charge >= 0.3 is 6.16 Å². The fraction of sp³-hybridized carbons (Fsp3) is 0.625. The van der Waals surface area contributed by atoms with Gasteiger partial charge in [0, 0.05) is 0 Å². The molecule has 0 rings (SSSR count). The van der Waals surface area contributed by atoms with Gasteiger partial charge in [0.2, 0.25) is 0 Å². The second kappa shape index (κ2) is 6.91. The Morgan fingerprint density at radius 2 is 2.33 bits per heavy atom. The molecular formula is C8H16O3Si. The van der Waals surface area contributed by atoms with Crippen molar-refractivity contribution in [2.24, 2.45) is 0 Å². The normalized spacial score (nSPS) is 11.8. The summed E-state index contributed by atoms with van der Waals surface area (Å²) >= 11 is 0. The largest absolute Gasteiger partial charge is 0.507 e. The molecule has 0 aliphatic carbocycles. The summed E-state index contributed by atoms with van der Waals surface area (Å²) in [6.45, 7) is 5.83. The number of carbonyl (C=O) groups is 1. The Hall–Kier alpha value is -0.773. The van der Waals surface area contributed by atoms with Gasteiger partial charge in [-0.1, -0.05) is 19.4 Å². The maximum absolute atomic E-state index is 10.6. The molecule has 0 aromatic rings. The average molecular weight is 188 g/mol. The van der Waals surface area contributed by atoms with Crippen molar-refractivity contribution < 1.29 is 14.3 Å². The zero-order chi connectivity index (χ0) is 9.40. The van der Waals surface area contributed by atoms with Crippen LogP contribution < -0.4 is 0 Å². The Labute approximate surface area is 75.0 Å². The molecule has 0 spiro atoms. The standard InChI is InChI=1S/C8H16O3Si/c1-4-6-12(5-2)7-11-8(9)10-3/h5,12H,2,4,6-7H2,1,3H3. The molecule has 70 valence electrons. The molecule has 0 saturated heterocycles. The number of hydrogen-bond acceptors (Lipinski definition) is 3. The van der Waals surface area contributed by atoms with E-state index in [0.717, 1.165) is 12.5 Å². The Bertz CT molecular complexity index is 147. The van der Waals surface area contributed by atoms with Crippen LogP contribution in [0.4, 0.5) is 4.79 Å². The molecule has 0 aromatic carbocycles. The van der Waals surface area contributed by atoms with Gasteiger partial charge in [-0.05, 0) is 0 Å². The Balaban J connectivity index is 3.57.